The van der Waals surface area contributed by atoms with Crippen LogP contribution in [-0.2, 0) is 0 Å². The van der Waals surface area contributed by atoms with Crippen molar-refractivity contribution in [2.75, 3.05) is 0 Å². The molecule has 0 saturated heterocycles. The van der Waals surface area contributed by atoms with Crippen molar-refractivity contribution >= 4 is 53.9 Å². The Morgan fingerprint density at radius 3 is 1.23 bits per heavy atom. The van der Waals surface area contributed by atoms with Gasteiger partial charge in [-0.3, -0.25) is 0 Å². The molecule has 0 saturated carbocycles. The molecule has 0 aliphatic rings. The summed E-state index contributed by atoms with van der Waals surface area (Å²) in [6, 6.07) is 67.0. The fourth-order valence-corrected chi connectivity index (χ4v) is 8.16. The minimum Gasteiger partial charge on any atom is -0.0622 e. The number of hydrogen-bond acceptors (Lipinski definition) is 0. The summed E-state index contributed by atoms with van der Waals surface area (Å²) >= 11 is 0. The second-order valence-corrected chi connectivity index (χ2v) is 12.8. The van der Waals surface area contributed by atoms with E-state index >= 15 is 0 Å². The third kappa shape index (κ3) is 3.96. The third-order valence-electron chi connectivity index (χ3n) is 10.2. The molecule has 0 N–H and O–H groups in total. The van der Waals surface area contributed by atoms with Crippen LogP contribution in [0.25, 0.3) is 98.4 Å². The van der Waals surface area contributed by atoms with Crippen molar-refractivity contribution in [3.8, 4) is 44.5 Å². The van der Waals surface area contributed by atoms with Crippen LogP contribution in [0.3, 0.4) is 0 Å². The van der Waals surface area contributed by atoms with Crippen LogP contribution < -0.4 is 0 Å². The zero-order valence-corrected chi connectivity index (χ0v) is 26.3. The van der Waals surface area contributed by atoms with Gasteiger partial charge in [0.2, 0.25) is 0 Å². The van der Waals surface area contributed by atoms with E-state index < -0.39 is 0 Å². The fraction of sp³-hybridized carbons (Fsp3) is 0. The summed E-state index contributed by atoms with van der Waals surface area (Å²) in [7, 11) is 0. The first kappa shape index (κ1) is 26.9. The second-order valence-electron chi connectivity index (χ2n) is 12.8. The summed E-state index contributed by atoms with van der Waals surface area (Å²) in [6.07, 6.45) is 0. The lowest BCUT2D eigenvalue weighted by Crippen LogP contribution is -1.95. The van der Waals surface area contributed by atoms with E-state index in [1.807, 2.05) is 0 Å². The average Bonchev–Trinajstić information content (AvgIpc) is 3.17. The molecule has 0 bridgehead atoms. The van der Waals surface area contributed by atoms with Gasteiger partial charge in [0.1, 0.15) is 0 Å². The Kier molecular flexibility index (Phi) is 5.98. The summed E-state index contributed by atoms with van der Waals surface area (Å²) < 4.78 is 0. The molecule has 10 aromatic rings. The first-order chi connectivity index (χ1) is 23.8. The van der Waals surface area contributed by atoms with Gasteiger partial charge in [0.05, 0.1) is 0 Å². The van der Waals surface area contributed by atoms with E-state index in [1.165, 1.54) is 98.4 Å². The SMILES string of the molecule is c1ccc(-c2c3ccccc3c(-c3cc(-c4ccccc4)c4ccc5c(-c6ccccc6)ccc6ccc3c4c65)c3ccccc23)cc1. The summed E-state index contributed by atoms with van der Waals surface area (Å²) in [5.74, 6) is 0. The van der Waals surface area contributed by atoms with Crippen LogP contribution in [0, 0.1) is 0 Å². The van der Waals surface area contributed by atoms with Crippen molar-refractivity contribution in [3.05, 3.63) is 182 Å². The van der Waals surface area contributed by atoms with Crippen LogP contribution in [0.4, 0.5) is 0 Å². The van der Waals surface area contributed by atoms with Gasteiger partial charge in [0, 0.05) is 0 Å². The highest BCUT2D eigenvalue weighted by Crippen LogP contribution is 2.50. The van der Waals surface area contributed by atoms with Gasteiger partial charge in [-0.2, -0.15) is 0 Å². The van der Waals surface area contributed by atoms with Crippen LogP contribution in [0.15, 0.2) is 182 Å². The Labute approximate surface area is 279 Å². The largest absolute Gasteiger partial charge is 0.0622 e. The van der Waals surface area contributed by atoms with Crippen molar-refractivity contribution in [3.63, 3.8) is 0 Å². The molecule has 0 aromatic heterocycles. The van der Waals surface area contributed by atoms with E-state index in [9.17, 15) is 0 Å². The molecule has 0 aliphatic carbocycles. The van der Waals surface area contributed by atoms with E-state index in [4.69, 9.17) is 0 Å². The van der Waals surface area contributed by atoms with Crippen LogP contribution in [-0.4, -0.2) is 0 Å². The number of hydrogen-bond donors (Lipinski definition) is 0. The number of rotatable bonds is 4. The predicted molar refractivity (Wildman–Crippen MR) is 207 cm³/mol. The van der Waals surface area contributed by atoms with Crippen LogP contribution >= 0.6 is 0 Å². The van der Waals surface area contributed by atoms with Crippen LogP contribution in [0.5, 0.6) is 0 Å². The Morgan fingerprint density at radius 1 is 0.229 bits per heavy atom. The normalized spacial score (nSPS) is 11.8. The van der Waals surface area contributed by atoms with Gasteiger partial charge in [-0.25, -0.2) is 0 Å². The lowest BCUT2D eigenvalue weighted by Gasteiger charge is -2.22. The molecular formula is C48H30. The summed E-state index contributed by atoms with van der Waals surface area (Å²) in [4.78, 5) is 0. The first-order valence-corrected chi connectivity index (χ1v) is 16.7. The Bertz CT molecular complexity index is 2740. The Hall–Kier alpha value is -6.24. The maximum absolute atomic E-state index is 2.46. The van der Waals surface area contributed by atoms with Gasteiger partial charge in [-0.15, -0.1) is 0 Å². The van der Waals surface area contributed by atoms with Gasteiger partial charge in [-0.05, 0) is 104 Å². The topological polar surface area (TPSA) is 0 Å². The van der Waals surface area contributed by atoms with Crippen molar-refractivity contribution in [2.24, 2.45) is 0 Å². The molecule has 10 aromatic carbocycles. The molecule has 0 nitrogen and oxygen atoms in total. The van der Waals surface area contributed by atoms with Gasteiger partial charge in [0.15, 0.2) is 0 Å². The standard InChI is InChI=1S/C48H30/c1-4-14-31(15-5-1)35-26-24-34-25-27-42-44(30-43(32-16-6-2-7-17-32)41-29-28-40(35)46(34)48(41)42)47-38-22-12-10-20-36(38)45(33-18-8-3-9-19-33)37-21-11-13-23-39(37)47/h1-30H. The lowest BCUT2D eigenvalue weighted by atomic mass is 9.81. The van der Waals surface area contributed by atoms with Gasteiger partial charge in [0.25, 0.3) is 0 Å². The van der Waals surface area contributed by atoms with Crippen molar-refractivity contribution in [1.82, 2.24) is 0 Å². The minimum atomic E-state index is 1.23. The molecule has 0 fully saturated rings. The first-order valence-electron chi connectivity index (χ1n) is 16.7. The molecule has 0 heteroatoms. The smallest absolute Gasteiger partial charge is 0.00141 e. The summed E-state index contributed by atoms with van der Waals surface area (Å²) in [5, 5.41) is 12.9. The molecule has 0 aliphatic heterocycles. The highest BCUT2D eigenvalue weighted by atomic mass is 14.2. The number of fused-ring (bicyclic) bond motifs is 2. The molecule has 48 heavy (non-hydrogen) atoms. The van der Waals surface area contributed by atoms with Gasteiger partial charge in [-0.1, -0.05) is 176 Å². The van der Waals surface area contributed by atoms with E-state index in [-0.39, 0.29) is 0 Å². The van der Waals surface area contributed by atoms with Crippen LogP contribution in [0.1, 0.15) is 0 Å². The van der Waals surface area contributed by atoms with Crippen molar-refractivity contribution in [2.45, 2.75) is 0 Å². The maximum Gasteiger partial charge on any atom is -0.00141 e. The zero-order chi connectivity index (χ0) is 31.6. The van der Waals surface area contributed by atoms with E-state index in [2.05, 4.69) is 182 Å². The molecule has 10 rings (SSSR count). The summed E-state index contributed by atoms with van der Waals surface area (Å²) in [5.41, 5.74) is 10.1. The van der Waals surface area contributed by atoms with E-state index in [0.717, 1.165) is 0 Å². The van der Waals surface area contributed by atoms with Crippen molar-refractivity contribution < 1.29 is 0 Å². The quantitative estimate of drug-likeness (QED) is 0.138. The van der Waals surface area contributed by atoms with E-state index in [0.29, 0.717) is 0 Å². The van der Waals surface area contributed by atoms with E-state index in [1.54, 1.807) is 0 Å². The molecule has 0 spiro atoms. The molecule has 0 amide bonds. The van der Waals surface area contributed by atoms with Gasteiger partial charge >= 0.3 is 0 Å². The molecule has 0 unspecified atom stereocenters. The Morgan fingerprint density at radius 2 is 0.646 bits per heavy atom. The maximum atomic E-state index is 2.46. The predicted octanol–water partition coefficient (Wildman–Crippen LogP) is 13.6. The van der Waals surface area contributed by atoms with Crippen molar-refractivity contribution in [1.29, 1.82) is 0 Å². The zero-order valence-electron chi connectivity index (χ0n) is 26.3. The van der Waals surface area contributed by atoms with Gasteiger partial charge < -0.3 is 0 Å². The molecule has 0 radical (unpaired) electrons. The molecule has 0 atom stereocenters. The highest BCUT2D eigenvalue weighted by molar-refractivity contribution is 6.32. The second kappa shape index (κ2) is 10.7. The third-order valence-corrected chi connectivity index (χ3v) is 10.2. The number of benzene rings is 10. The van der Waals surface area contributed by atoms with Crippen LogP contribution in [0.2, 0.25) is 0 Å². The Balaban J connectivity index is 1.41. The monoisotopic (exact) mass is 606 g/mol. The average molecular weight is 607 g/mol. The highest BCUT2D eigenvalue weighted by Gasteiger charge is 2.22. The summed E-state index contributed by atoms with van der Waals surface area (Å²) in [6.45, 7) is 0. The minimum absolute atomic E-state index is 1.23. The molecule has 222 valence electrons. The molecule has 0 heterocycles. The fourth-order valence-electron chi connectivity index (χ4n) is 8.16. The lowest BCUT2D eigenvalue weighted by molar-refractivity contribution is 1.64. The molecular weight excluding hydrogens is 577 g/mol.